The normalized spacial score (nSPS) is 16.2. The molecular formula is C15H17N3O3S. The number of imidazole rings is 1. The Balaban J connectivity index is 1.91. The van der Waals surface area contributed by atoms with Gasteiger partial charge in [0.15, 0.2) is 10.9 Å². The van der Waals surface area contributed by atoms with E-state index in [4.69, 9.17) is 5.11 Å². The molecule has 1 aliphatic carbocycles. The van der Waals surface area contributed by atoms with E-state index in [2.05, 4.69) is 10.3 Å². The number of hydrogen-bond acceptors (Lipinski definition) is 4. The Morgan fingerprint density at radius 3 is 2.82 bits per heavy atom. The van der Waals surface area contributed by atoms with Gasteiger partial charge in [0.2, 0.25) is 0 Å². The molecule has 1 fully saturated rings. The summed E-state index contributed by atoms with van der Waals surface area (Å²) in [5, 5.41) is 12.7. The molecule has 3 rings (SSSR count). The summed E-state index contributed by atoms with van der Waals surface area (Å²) in [4.78, 5) is 28.0. The molecule has 0 aliphatic heterocycles. The lowest BCUT2D eigenvalue weighted by Crippen LogP contribution is -2.54. The first-order valence-electron chi connectivity index (χ1n) is 7.10. The Bertz CT molecular complexity index is 737. The van der Waals surface area contributed by atoms with Crippen molar-refractivity contribution in [1.29, 1.82) is 0 Å². The molecule has 1 aliphatic rings. The average Bonchev–Trinajstić information content (AvgIpc) is 2.83. The predicted molar refractivity (Wildman–Crippen MR) is 83.3 cm³/mol. The second-order valence-corrected chi connectivity index (χ2v) is 6.33. The van der Waals surface area contributed by atoms with Crippen LogP contribution in [0.1, 0.15) is 36.2 Å². The zero-order valence-electron chi connectivity index (χ0n) is 12.2. The number of amides is 1. The number of carbonyl (C=O) groups is 2. The molecule has 1 amide bonds. The first-order chi connectivity index (χ1) is 10.5. The van der Waals surface area contributed by atoms with Gasteiger partial charge in [0.1, 0.15) is 0 Å². The number of pyridine rings is 1. The Hall–Kier alpha value is -2.02. The van der Waals surface area contributed by atoms with Gasteiger partial charge in [-0.3, -0.25) is 14.0 Å². The van der Waals surface area contributed by atoms with Crippen molar-refractivity contribution in [3.05, 3.63) is 30.1 Å². The number of thioether (sulfide) groups is 1. The molecule has 1 saturated carbocycles. The molecule has 6 nitrogen and oxygen atoms in total. The van der Waals surface area contributed by atoms with E-state index in [1.165, 1.54) is 11.8 Å². The van der Waals surface area contributed by atoms with Gasteiger partial charge in [0.05, 0.1) is 17.5 Å². The van der Waals surface area contributed by atoms with Crippen LogP contribution < -0.4 is 5.32 Å². The van der Waals surface area contributed by atoms with E-state index in [0.29, 0.717) is 18.5 Å². The molecule has 0 spiro atoms. The standard InChI is InChI=1S/C15H17N3O3S/c1-22-14-16-12(10-5-2-3-8-18(10)14)13(21)17-15(6-4-7-15)9-11(19)20/h2-3,5,8H,4,6-7,9H2,1H3,(H,17,21)(H,19,20). The topological polar surface area (TPSA) is 83.7 Å². The van der Waals surface area contributed by atoms with Gasteiger partial charge >= 0.3 is 5.97 Å². The molecule has 0 radical (unpaired) electrons. The molecule has 0 bridgehead atoms. The summed E-state index contributed by atoms with van der Waals surface area (Å²) in [5.74, 6) is -1.19. The number of carboxylic acids is 1. The maximum absolute atomic E-state index is 12.6. The number of aliphatic carboxylic acids is 1. The van der Waals surface area contributed by atoms with Crippen LogP contribution in [0, 0.1) is 0 Å². The molecule has 116 valence electrons. The number of hydrogen-bond donors (Lipinski definition) is 2. The van der Waals surface area contributed by atoms with Crippen LogP contribution in [0.25, 0.3) is 5.52 Å². The Labute approximate surface area is 131 Å². The lowest BCUT2D eigenvalue weighted by molar-refractivity contribution is -0.139. The number of carboxylic acid groups (broad SMARTS) is 1. The second kappa shape index (κ2) is 5.64. The number of fused-ring (bicyclic) bond motifs is 1. The van der Waals surface area contributed by atoms with Gasteiger partial charge in [-0.05, 0) is 37.7 Å². The van der Waals surface area contributed by atoms with Gasteiger partial charge in [-0.25, -0.2) is 4.98 Å². The first kappa shape index (κ1) is 14.9. The van der Waals surface area contributed by atoms with E-state index in [-0.39, 0.29) is 12.3 Å². The number of rotatable bonds is 5. The lowest BCUT2D eigenvalue weighted by Gasteiger charge is -2.41. The van der Waals surface area contributed by atoms with E-state index in [9.17, 15) is 9.59 Å². The zero-order chi connectivity index (χ0) is 15.7. The van der Waals surface area contributed by atoms with Gasteiger partial charge in [-0.2, -0.15) is 0 Å². The molecule has 2 aromatic heterocycles. The van der Waals surface area contributed by atoms with Crippen molar-refractivity contribution in [2.45, 2.75) is 36.4 Å². The van der Waals surface area contributed by atoms with E-state index >= 15 is 0 Å². The molecule has 0 aromatic carbocycles. The highest BCUT2D eigenvalue weighted by Crippen LogP contribution is 2.35. The van der Waals surface area contributed by atoms with Crippen molar-refractivity contribution < 1.29 is 14.7 Å². The Morgan fingerprint density at radius 2 is 2.23 bits per heavy atom. The van der Waals surface area contributed by atoms with E-state index in [1.807, 2.05) is 35.1 Å². The third-order valence-electron chi connectivity index (χ3n) is 4.09. The summed E-state index contributed by atoms with van der Waals surface area (Å²) >= 11 is 1.46. The summed E-state index contributed by atoms with van der Waals surface area (Å²) in [5.41, 5.74) is 0.462. The van der Waals surface area contributed by atoms with E-state index in [0.717, 1.165) is 17.1 Å². The van der Waals surface area contributed by atoms with Crippen molar-refractivity contribution in [3.63, 3.8) is 0 Å². The number of nitrogens with one attached hydrogen (secondary N) is 1. The molecule has 2 N–H and O–H groups in total. The van der Waals surface area contributed by atoms with Crippen molar-refractivity contribution >= 4 is 29.2 Å². The van der Waals surface area contributed by atoms with Crippen molar-refractivity contribution in [2.24, 2.45) is 0 Å². The molecule has 0 saturated heterocycles. The van der Waals surface area contributed by atoms with Crippen molar-refractivity contribution in [3.8, 4) is 0 Å². The molecule has 22 heavy (non-hydrogen) atoms. The Morgan fingerprint density at radius 1 is 1.45 bits per heavy atom. The number of aromatic nitrogens is 2. The molecular weight excluding hydrogens is 302 g/mol. The van der Waals surface area contributed by atoms with Gasteiger partial charge in [-0.15, -0.1) is 0 Å². The fourth-order valence-corrected chi connectivity index (χ4v) is 3.40. The first-order valence-corrected chi connectivity index (χ1v) is 8.32. The molecule has 2 heterocycles. The van der Waals surface area contributed by atoms with E-state index in [1.54, 1.807) is 0 Å². The average molecular weight is 319 g/mol. The largest absolute Gasteiger partial charge is 0.481 e. The second-order valence-electron chi connectivity index (χ2n) is 5.56. The third kappa shape index (κ3) is 2.56. The van der Waals surface area contributed by atoms with Gasteiger partial charge in [0, 0.05) is 6.20 Å². The quantitative estimate of drug-likeness (QED) is 0.825. The van der Waals surface area contributed by atoms with Gasteiger partial charge in [0.25, 0.3) is 5.91 Å². The number of nitrogens with zero attached hydrogens (tertiary/aromatic N) is 2. The molecule has 2 aromatic rings. The highest BCUT2D eigenvalue weighted by molar-refractivity contribution is 7.98. The zero-order valence-corrected chi connectivity index (χ0v) is 13.0. The maximum Gasteiger partial charge on any atom is 0.305 e. The minimum atomic E-state index is -0.889. The minimum absolute atomic E-state index is 0.0418. The summed E-state index contributed by atoms with van der Waals surface area (Å²) in [7, 11) is 0. The fourth-order valence-electron chi connectivity index (χ4n) is 2.86. The SMILES string of the molecule is CSc1nc(C(=O)NC2(CC(=O)O)CCC2)c2ccccn12. The van der Waals surface area contributed by atoms with Gasteiger partial charge < -0.3 is 10.4 Å². The van der Waals surface area contributed by atoms with Crippen LogP contribution in [0.15, 0.2) is 29.6 Å². The molecule has 0 unspecified atom stereocenters. The minimum Gasteiger partial charge on any atom is -0.481 e. The highest BCUT2D eigenvalue weighted by atomic mass is 32.2. The lowest BCUT2D eigenvalue weighted by atomic mass is 9.74. The number of carbonyl (C=O) groups excluding carboxylic acids is 1. The smallest absolute Gasteiger partial charge is 0.305 e. The van der Waals surface area contributed by atoms with Crippen molar-refractivity contribution in [2.75, 3.05) is 6.26 Å². The molecule has 7 heteroatoms. The monoisotopic (exact) mass is 319 g/mol. The fraction of sp³-hybridized carbons (Fsp3) is 0.400. The van der Waals surface area contributed by atoms with Crippen LogP contribution >= 0.6 is 11.8 Å². The summed E-state index contributed by atoms with van der Waals surface area (Å²) in [6.07, 6.45) is 6.06. The maximum atomic E-state index is 12.6. The third-order valence-corrected chi connectivity index (χ3v) is 4.75. The summed E-state index contributed by atoms with van der Waals surface area (Å²) in [6.45, 7) is 0. The van der Waals surface area contributed by atoms with Gasteiger partial charge in [-0.1, -0.05) is 17.8 Å². The predicted octanol–water partition coefficient (Wildman–Crippen LogP) is 2.18. The highest BCUT2D eigenvalue weighted by Gasteiger charge is 2.41. The molecule has 0 atom stereocenters. The Kier molecular flexibility index (Phi) is 3.82. The summed E-state index contributed by atoms with van der Waals surface area (Å²) < 4.78 is 1.87. The van der Waals surface area contributed by atoms with Crippen molar-refractivity contribution in [1.82, 2.24) is 14.7 Å². The van der Waals surface area contributed by atoms with Crippen LogP contribution in [0.5, 0.6) is 0 Å². The van der Waals surface area contributed by atoms with Crippen LogP contribution in [-0.4, -0.2) is 38.2 Å². The van der Waals surface area contributed by atoms with Crippen LogP contribution in [0.3, 0.4) is 0 Å². The van der Waals surface area contributed by atoms with Crippen LogP contribution in [-0.2, 0) is 4.79 Å². The van der Waals surface area contributed by atoms with Crippen LogP contribution in [0.4, 0.5) is 0 Å². The van der Waals surface area contributed by atoms with Crippen LogP contribution in [0.2, 0.25) is 0 Å². The van der Waals surface area contributed by atoms with E-state index < -0.39 is 11.5 Å². The summed E-state index contributed by atoms with van der Waals surface area (Å²) in [6, 6.07) is 5.58.